The first-order chi connectivity index (χ1) is 5.66. The van der Waals surface area contributed by atoms with E-state index in [1.165, 1.54) is 4.90 Å². The first-order valence-electron chi connectivity index (χ1n) is 3.86. The minimum atomic E-state index is -0.552. The number of aliphatic hydroxyl groups excluding tert-OH is 1. The van der Waals surface area contributed by atoms with E-state index >= 15 is 0 Å². The van der Waals surface area contributed by atoms with E-state index in [2.05, 4.69) is 0 Å². The molecule has 0 bridgehead atoms. The zero-order valence-corrected chi connectivity index (χ0v) is 6.69. The van der Waals surface area contributed by atoms with Crippen molar-refractivity contribution in [3.8, 4) is 0 Å². The molecule has 3 N–H and O–H groups in total. The Hall–Kier alpha value is -1.10. The van der Waals surface area contributed by atoms with Gasteiger partial charge in [0.1, 0.15) is 12.6 Å². The minimum absolute atomic E-state index is 0.420. The van der Waals surface area contributed by atoms with Gasteiger partial charge in [0.2, 0.25) is 11.8 Å². The molecule has 0 spiro atoms. The second-order valence-electron chi connectivity index (χ2n) is 2.81. The maximum atomic E-state index is 11.0. The van der Waals surface area contributed by atoms with Gasteiger partial charge in [-0.2, -0.15) is 0 Å². The van der Waals surface area contributed by atoms with Crippen LogP contribution < -0.4 is 5.73 Å². The van der Waals surface area contributed by atoms with Crippen molar-refractivity contribution >= 4 is 11.8 Å². The van der Waals surface area contributed by atoms with E-state index in [1.807, 2.05) is 0 Å². The molecule has 5 heteroatoms. The second kappa shape index (κ2) is 3.53. The molecule has 1 atom stereocenters. The average molecular weight is 172 g/mol. The lowest BCUT2D eigenvalue weighted by Gasteiger charge is -2.20. The molecule has 5 nitrogen and oxygen atoms in total. The molecule has 0 aliphatic carbocycles. The van der Waals surface area contributed by atoms with Gasteiger partial charge in [0.15, 0.2) is 0 Å². The number of nitrogens with zero attached hydrogens (tertiary/aromatic N) is 1. The number of hydrogen-bond donors (Lipinski definition) is 2. The van der Waals surface area contributed by atoms with Crippen LogP contribution in [0, 0.1) is 0 Å². The molecule has 1 aliphatic heterocycles. The third kappa shape index (κ3) is 1.55. The van der Waals surface area contributed by atoms with Gasteiger partial charge in [-0.15, -0.1) is 0 Å². The van der Waals surface area contributed by atoms with Gasteiger partial charge in [-0.05, 0) is 12.8 Å². The van der Waals surface area contributed by atoms with Crippen LogP contribution in [0.2, 0.25) is 0 Å². The molecule has 68 valence electrons. The molecule has 1 aliphatic rings. The molecule has 0 radical (unpaired) electrons. The summed E-state index contributed by atoms with van der Waals surface area (Å²) in [5, 5.41) is 8.55. The Morgan fingerprint density at radius 1 is 1.58 bits per heavy atom. The number of amides is 2. The van der Waals surface area contributed by atoms with Gasteiger partial charge >= 0.3 is 0 Å². The van der Waals surface area contributed by atoms with Gasteiger partial charge in [-0.25, -0.2) is 0 Å². The Bertz CT molecular complexity index is 205. The van der Waals surface area contributed by atoms with Crippen LogP contribution in [0.4, 0.5) is 0 Å². The first-order valence-corrected chi connectivity index (χ1v) is 3.86. The molecular formula is C7H12N2O3. The SMILES string of the molecule is NC(=O)[C@@H]1CCCN1C(=O)CO. The van der Waals surface area contributed by atoms with E-state index in [0.29, 0.717) is 13.0 Å². The highest BCUT2D eigenvalue weighted by Gasteiger charge is 2.31. The summed E-state index contributed by atoms with van der Waals surface area (Å²) < 4.78 is 0. The van der Waals surface area contributed by atoms with Crippen LogP contribution >= 0.6 is 0 Å². The second-order valence-corrected chi connectivity index (χ2v) is 2.81. The molecule has 0 aromatic heterocycles. The highest BCUT2D eigenvalue weighted by molar-refractivity contribution is 5.87. The van der Waals surface area contributed by atoms with E-state index in [0.717, 1.165) is 6.42 Å². The number of hydrogen-bond acceptors (Lipinski definition) is 3. The van der Waals surface area contributed by atoms with Gasteiger partial charge in [0.05, 0.1) is 0 Å². The van der Waals surface area contributed by atoms with E-state index < -0.39 is 24.5 Å². The van der Waals surface area contributed by atoms with E-state index in [1.54, 1.807) is 0 Å². The fourth-order valence-corrected chi connectivity index (χ4v) is 1.45. The predicted molar refractivity (Wildman–Crippen MR) is 41.0 cm³/mol. The highest BCUT2D eigenvalue weighted by Crippen LogP contribution is 2.16. The molecule has 0 aromatic carbocycles. The van der Waals surface area contributed by atoms with Crippen LogP contribution in [-0.2, 0) is 9.59 Å². The molecule has 1 rings (SSSR count). The van der Waals surface area contributed by atoms with Crippen molar-refractivity contribution in [1.82, 2.24) is 4.90 Å². The Morgan fingerprint density at radius 2 is 2.25 bits per heavy atom. The van der Waals surface area contributed by atoms with Crippen molar-refractivity contribution < 1.29 is 14.7 Å². The van der Waals surface area contributed by atoms with Crippen molar-refractivity contribution in [1.29, 1.82) is 0 Å². The number of carbonyl (C=O) groups is 2. The van der Waals surface area contributed by atoms with Gasteiger partial charge in [-0.1, -0.05) is 0 Å². The minimum Gasteiger partial charge on any atom is -0.387 e. The largest absolute Gasteiger partial charge is 0.387 e. The molecule has 12 heavy (non-hydrogen) atoms. The number of carbonyl (C=O) groups excluding carboxylic acids is 2. The number of rotatable bonds is 2. The third-order valence-corrected chi connectivity index (χ3v) is 2.04. The lowest BCUT2D eigenvalue weighted by Crippen LogP contribution is -2.44. The number of primary amides is 1. The maximum Gasteiger partial charge on any atom is 0.248 e. The molecule has 0 unspecified atom stereocenters. The molecule has 0 aromatic rings. The zero-order chi connectivity index (χ0) is 9.14. The van der Waals surface area contributed by atoms with E-state index in [9.17, 15) is 9.59 Å². The van der Waals surface area contributed by atoms with Crippen LogP contribution in [-0.4, -0.2) is 41.0 Å². The van der Waals surface area contributed by atoms with Crippen molar-refractivity contribution in [2.75, 3.05) is 13.2 Å². The Balaban J connectivity index is 2.63. The Labute approximate surface area is 70.1 Å². The van der Waals surface area contributed by atoms with Crippen LogP contribution in [0.5, 0.6) is 0 Å². The van der Waals surface area contributed by atoms with Crippen LogP contribution in [0.25, 0.3) is 0 Å². The molecule has 1 fully saturated rings. The molecule has 1 heterocycles. The normalized spacial score (nSPS) is 22.8. The first kappa shape index (κ1) is 8.99. The van der Waals surface area contributed by atoms with Gasteiger partial charge in [0.25, 0.3) is 0 Å². The van der Waals surface area contributed by atoms with Crippen LogP contribution in [0.1, 0.15) is 12.8 Å². The quantitative estimate of drug-likeness (QED) is 0.529. The predicted octanol–water partition coefficient (Wildman–Crippen LogP) is -1.54. The maximum absolute atomic E-state index is 11.0. The summed E-state index contributed by atoms with van der Waals surface area (Å²) in [5.74, 6) is -0.911. The summed E-state index contributed by atoms with van der Waals surface area (Å²) in [6, 6.07) is -0.510. The summed E-state index contributed by atoms with van der Waals surface area (Å²) in [6.07, 6.45) is 1.39. The molecule has 2 amide bonds. The van der Waals surface area contributed by atoms with Gasteiger partial charge < -0.3 is 15.7 Å². The summed E-state index contributed by atoms with van der Waals surface area (Å²) in [4.78, 5) is 23.1. The Morgan fingerprint density at radius 3 is 2.75 bits per heavy atom. The van der Waals surface area contributed by atoms with Gasteiger partial charge in [-0.3, -0.25) is 9.59 Å². The van der Waals surface area contributed by atoms with Crippen LogP contribution in [0.15, 0.2) is 0 Å². The topological polar surface area (TPSA) is 83.6 Å². The molecular weight excluding hydrogens is 160 g/mol. The van der Waals surface area contributed by atoms with Crippen LogP contribution in [0.3, 0.4) is 0 Å². The standard InChI is InChI=1S/C7H12N2O3/c8-7(12)5-2-1-3-9(5)6(11)4-10/h5,10H,1-4H2,(H2,8,12)/t5-/m0/s1. The van der Waals surface area contributed by atoms with E-state index in [-0.39, 0.29) is 0 Å². The van der Waals surface area contributed by atoms with Crippen molar-refractivity contribution in [2.45, 2.75) is 18.9 Å². The zero-order valence-electron chi connectivity index (χ0n) is 6.69. The fourth-order valence-electron chi connectivity index (χ4n) is 1.45. The summed E-state index contributed by atoms with van der Waals surface area (Å²) >= 11 is 0. The summed E-state index contributed by atoms with van der Waals surface area (Å²) in [6.45, 7) is -0.0310. The van der Waals surface area contributed by atoms with Crippen molar-refractivity contribution in [3.05, 3.63) is 0 Å². The number of likely N-dealkylation sites (tertiary alicyclic amines) is 1. The van der Waals surface area contributed by atoms with Crippen molar-refractivity contribution in [2.24, 2.45) is 5.73 Å². The smallest absolute Gasteiger partial charge is 0.248 e. The number of aliphatic hydroxyl groups is 1. The molecule has 1 saturated heterocycles. The Kier molecular flexibility index (Phi) is 2.65. The fraction of sp³-hybridized carbons (Fsp3) is 0.714. The van der Waals surface area contributed by atoms with Crippen molar-refractivity contribution in [3.63, 3.8) is 0 Å². The summed E-state index contributed by atoms with van der Waals surface area (Å²) in [5.41, 5.74) is 5.07. The van der Waals surface area contributed by atoms with E-state index in [4.69, 9.17) is 10.8 Å². The lowest BCUT2D eigenvalue weighted by atomic mass is 10.2. The molecule has 0 saturated carbocycles. The number of nitrogens with two attached hydrogens (primary N) is 1. The lowest BCUT2D eigenvalue weighted by molar-refractivity contribution is -0.139. The van der Waals surface area contributed by atoms with Gasteiger partial charge in [0, 0.05) is 6.54 Å². The highest BCUT2D eigenvalue weighted by atomic mass is 16.3. The summed E-state index contributed by atoms with van der Waals surface area (Å²) in [7, 11) is 0. The monoisotopic (exact) mass is 172 g/mol. The third-order valence-electron chi connectivity index (χ3n) is 2.04. The average Bonchev–Trinajstić information content (AvgIpc) is 2.50.